The van der Waals surface area contributed by atoms with Crippen LogP contribution in [0, 0.1) is 5.92 Å². The van der Waals surface area contributed by atoms with Crippen molar-refractivity contribution in [1.82, 2.24) is 15.0 Å². The number of hydrogen-bond acceptors (Lipinski definition) is 5. The molecule has 0 fully saturated rings. The van der Waals surface area contributed by atoms with E-state index in [2.05, 4.69) is 10.1 Å². The summed E-state index contributed by atoms with van der Waals surface area (Å²) in [5.41, 5.74) is 1.84. The van der Waals surface area contributed by atoms with Crippen molar-refractivity contribution in [3.8, 4) is 11.4 Å². The van der Waals surface area contributed by atoms with Crippen molar-refractivity contribution < 1.29 is 14.4 Å². The monoisotopic (exact) mass is 351 g/mol. The van der Waals surface area contributed by atoms with Crippen LogP contribution in [0.4, 0.5) is 0 Å². The van der Waals surface area contributed by atoms with E-state index in [-0.39, 0.29) is 6.04 Å². The van der Waals surface area contributed by atoms with Gasteiger partial charge in [0.15, 0.2) is 0 Å². The lowest BCUT2D eigenvalue weighted by Gasteiger charge is -2.26. The highest BCUT2D eigenvalue weighted by Crippen LogP contribution is 2.28. The van der Waals surface area contributed by atoms with Gasteiger partial charge in [0, 0.05) is 12.1 Å². The van der Waals surface area contributed by atoms with Crippen LogP contribution in [0.15, 0.2) is 65.2 Å². The molecule has 3 rings (SSSR count). The second kappa shape index (κ2) is 7.93. The fraction of sp³-hybridized carbons (Fsp3) is 0.250. The minimum atomic E-state index is -0.834. The van der Waals surface area contributed by atoms with Crippen molar-refractivity contribution >= 4 is 5.97 Å². The van der Waals surface area contributed by atoms with Gasteiger partial charge in [-0.15, -0.1) is 0 Å². The fourth-order valence-corrected chi connectivity index (χ4v) is 2.89. The van der Waals surface area contributed by atoms with Crippen molar-refractivity contribution in [2.45, 2.75) is 13.0 Å². The van der Waals surface area contributed by atoms with Crippen LogP contribution in [-0.4, -0.2) is 39.7 Å². The summed E-state index contributed by atoms with van der Waals surface area (Å²) in [6, 6.07) is 19.0. The van der Waals surface area contributed by atoms with Crippen molar-refractivity contribution in [1.29, 1.82) is 0 Å². The molecule has 0 aliphatic heterocycles. The summed E-state index contributed by atoms with van der Waals surface area (Å²) in [6.07, 6.45) is 0. The van der Waals surface area contributed by atoms with Gasteiger partial charge < -0.3 is 9.63 Å². The maximum absolute atomic E-state index is 11.2. The van der Waals surface area contributed by atoms with Crippen LogP contribution in [-0.2, 0) is 4.79 Å². The van der Waals surface area contributed by atoms with Crippen molar-refractivity contribution in [2.24, 2.45) is 5.92 Å². The molecule has 0 amide bonds. The molecule has 1 heterocycles. The van der Waals surface area contributed by atoms with E-state index >= 15 is 0 Å². The van der Waals surface area contributed by atoms with E-state index in [1.54, 1.807) is 6.92 Å². The molecule has 2 aromatic carbocycles. The Morgan fingerprint density at radius 2 is 1.73 bits per heavy atom. The Balaban J connectivity index is 1.94. The van der Waals surface area contributed by atoms with Gasteiger partial charge in [-0.25, -0.2) is 0 Å². The van der Waals surface area contributed by atoms with Crippen LogP contribution < -0.4 is 0 Å². The molecule has 1 aromatic heterocycles. The molecule has 2 unspecified atom stereocenters. The molecule has 26 heavy (non-hydrogen) atoms. The van der Waals surface area contributed by atoms with Gasteiger partial charge in [-0.3, -0.25) is 9.69 Å². The van der Waals surface area contributed by atoms with Crippen molar-refractivity contribution in [3.63, 3.8) is 0 Å². The second-order valence-corrected chi connectivity index (χ2v) is 6.31. The van der Waals surface area contributed by atoms with Crippen LogP contribution >= 0.6 is 0 Å². The molecule has 0 saturated heterocycles. The predicted molar refractivity (Wildman–Crippen MR) is 97.4 cm³/mol. The molecule has 3 aromatic rings. The highest BCUT2D eigenvalue weighted by molar-refractivity contribution is 5.69. The minimum Gasteiger partial charge on any atom is -0.481 e. The van der Waals surface area contributed by atoms with Crippen LogP contribution in [0.5, 0.6) is 0 Å². The number of rotatable bonds is 7. The first-order valence-corrected chi connectivity index (χ1v) is 8.43. The smallest absolute Gasteiger partial charge is 0.307 e. The normalized spacial score (nSPS) is 13.5. The number of carboxylic acids is 1. The van der Waals surface area contributed by atoms with Gasteiger partial charge in [-0.2, -0.15) is 4.98 Å². The number of carboxylic acid groups (broad SMARTS) is 1. The molecule has 0 aliphatic carbocycles. The summed E-state index contributed by atoms with van der Waals surface area (Å²) in [5, 5.41) is 13.3. The van der Waals surface area contributed by atoms with E-state index in [0.717, 1.165) is 11.1 Å². The average Bonchev–Trinajstić information content (AvgIpc) is 3.13. The summed E-state index contributed by atoms with van der Waals surface area (Å²) in [5.74, 6) is -0.391. The van der Waals surface area contributed by atoms with Gasteiger partial charge in [-0.05, 0) is 12.6 Å². The lowest BCUT2D eigenvalue weighted by atomic mass is 10.0. The molecule has 134 valence electrons. The molecule has 0 radical (unpaired) electrons. The lowest BCUT2D eigenvalue weighted by Crippen LogP contribution is -2.32. The van der Waals surface area contributed by atoms with Gasteiger partial charge in [-0.1, -0.05) is 72.7 Å². The first-order valence-electron chi connectivity index (χ1n) is 8.43. The Hall–Kier alpha value is -2.99. The maximum Gasteiger partial charge on any atom is 0.307 e. The number of aliphatic carboxylic acids is 1. The van der Waals surface area contributed by atoms with Crippen LogP contribution in [0.3, 0.4) is 0 Å². The molecule has 0 aliphatic rings. The number of benzene rings is 2. The summed E-state index contributed by atoms with van der Waals surface area (Å²) in [7, 11) is 1.86. The molecular weight excluding hydrogens is 330 g/mol. The topological polar surface area (TPSA) is 79.5 Å². The Morgan fingerprint density at radius 3 is 2.35 bits per heavy atom. The fourth-order valence-electron chi connectivity index (χ4n) is 2.89. The van der Waals surface area contributed by atoms with E-state index in [1.807, 2.05) is 72.6 Å². The summed E-state index contributed by atoms with van der Waals surface area (Å²) < 4.78 is 5.55. The number of nitrogens with zero attached hydrogens (tertiary/aromatic N) is 3. The molecular formula is C20H21N3O3. The van der Waals surface area contributed by atoms with Crippen LogP contribution in [0.2, 0.25) is 0 Å². The molecule has 0 saturated carbocycles. The van der Waals surface area contributed by atoms with Gasteiger partial charge in [0.25, 0.3) is 0 Å². The Bertz CT molecular complexity index is 849. The largest absolute Gasteiger partial charge is 0.481 e. The number of hydrogen-bond donors (Lipinski definition) is 1. The zero-order chi connectivity index (χ0) is 18.5. The van der Waals surface area contributed by atoms with Gasteiger partial charge in [0.1, 0.15) is 6.04 Å². The molecule has 0 spiro atoms. The Labute approximate surface area is 152 Å². The van der Waals surface area contributed by atoms with E-state index < -0.39 is 11.9 Å². The van der Waals surface area contributed by atoms with E-state index in [4.69, 9.17) is 4.52 Å². The third-order valence-corrected chi connectivity index (χ3v) is 4.25. The quantitative estimate of drug-likeness (QED) is 0.702. The standard InChI is InChI=1S/C20H21N3O3/c1-14(20(24)25)13-23(2)17(15-9-5-3-6-10-15)19-21-18(22-26-19)16-11-7-4-8-12-16/h3-12,14,17H,13H2,1-2H3,(H,24,25). The maximum atomic E-state index is 11.2. The third kappa shape index (κ3) is 3.97. The van der Waals surface area contributed by atoms with Gasteiger partial charge in [0.2, 0.25) is 11.7 Å². The minimum absolute atomic E-state index is 0.317. The Morgan fingerprint density at radius 1 is 1.12 bits per heavy atom. The summed E-state index contributed by atoms with van der Waals surface area (Å²) >= 11 is 0. The number of carbonyl (C=O) groups is 1. The third-order valence-electron chi connectivity index (χ3n) is 4.25. The van der Waals surface area contributed by atoms with E-state index in [1.165, 1.54) is 0 Å². The van der Waals surface area contributed by atoms with Crippen LogP contribution in [0.25, 0.3) is 11.4 Å². The highest BCUT2D eigenvalue weighted by atomic mass is 16.5. The summed E-state index contributed by atoms with van der Waals surface area (Å²) in [4.78, 5) is 17.7. The predicted octanol–water partition coefficient (Wildman–Crippen LogP) is 3.48. The van der Waals surface area contributed by atoms with E-state index in [9.17, 15) is 9.90 Å². The first kappa shape index (κ1) is 17.8. The van der Waals surface area contributed by atoms with Gasteiger partial charge in [0.05, 0.1) is 5.92 Å². The summed E-state index contributed by atoms with van der Waals surface area (Å²) in [6.45, 7) is 2.04. The van der Waals surface area contributed by atoms with Crippen molar-refractivity contribution in [2.75, 3.05) is 13.6 Å². The molecule has 2 atom stereocenters. The van der Waals surface area contributed by atoms with Crippen molar-refractivity contribution in [3.05, 3.63) is 72.1 Å². The average molecular weight is 351 g/mol. The van der Waals surface area contributed by atoms with E-state index in [0.29, 0.717) is 18.3 Å². The molecule has 6 nitrogen and oxygen atoms in total. The lowest BCUT2D eigenvalue weighted by molar-refractivity contribution is -0.141. The first-order chi connectivity index (χ1) is 12.6. The van der Waals surface area contributed by atoms with Gasteiger partial charge >= 0.3 is 5.97 Å². The zero-order valence-electron chi connectivity index (χ0n) is 14.7. The Kier molecular flexibility index (Phi) is 5.43. The number of aromatic nitrogens is 2. The highest BCUT2D eigenvalue weighted by Gasteiger charge is 2.28. The second-order valence-electron chi connectivity index (χ2n) is 6.31. The van der Waals surface area contributed by atoms with Crippen LogP contribution in [0.1, 0.15) is 24.4 Å². The molecule has 1 N–H and O–H groups in total. The SMILES string of the molecule is CC(CN(C)C(c1ccccc1)c1nc(-c2ccccc2)no1)C(=O)O. The molecule has 6 heteroatoms. The zero-order valence-corrected chi connectivity index (χ0v) is 14.7. The molecule has 0 bridgehead atoms.